The molecular formula is C22H21ClF2N4O. The van der Waals surface area contributed by atoms with Gasteiger partial charge in [-0.2, -0.15) is 0 Å². The summed E-state index contributed by atoms with van der Waals surface area (Å²) in [6, 6.07) is 10.3. The molecule has 0 atom stereocenters. The van der Waals surface area contributed by atoms with Crippen LogP contribution < -0.4 is 16.4 Å². The van der Waals surface area contributed by atoms with Gasteiger partial charge in [0, 0.05) is 45.9 Å². The van der Waals surface area contributed by atoms with E-state index < -0.39 is 17.5 Å². The molecule has 156 valence electrons. The zero-order valence-electron chi connectivity index (χ0n) is 16.1. The van der Waals surface area contributed by atoms with Gasteiger partial charge in [-0.1, -0.05) is 11.6 Å². The van der Waals surface area contributed by atoms with Gasteiger partial charge in [-0.25, -0.2) is 13.8 Å². The van der Waals surface area contributed by atoms with E-state index in [1.165, 1.54) is 0 Å². The number of anilines is 2. The fourth-order valence-electron chi connectivity index (χ4n) is 3.90. The molecule has 1 aliphatic rings. The predicted octanol–water partition coefficient (Wildman–Crippen LogP) is 4.90. The van der Waals surface area contributed by atoms with Crippen LogP contribution in [0.1, 0.15) is 36.0 Å². The molecule has 1 fully saturated rings. The Hall–Kier alpha value is -2.93. The van der Waals surface area contributed by atoms with E-state index in [0.717, 1.165) is 60.5 Å². The van der Waals surface area contributed by atoms with Gasteiger partial charge in [0.25, 0.3) is 5.91 Å². The molecule has 0 unspecified atom stereocenters. The Morgan fingerprint density at radius 1 is 1.00 bits per heavy atom. The zero-order valence-corrected chi connectivity index (χ0v) is 16.8. The molecule has 0 radical (unpaired) electrons. The molecule has 0 spiro atoms. The average Bonchev–Trinajstić information content (AvgIpc) is 2.68. The third kappa shape index (κ3) is 4.62. The summed E-state index contributed by atoms with van der Waals surface area (Å²) in [5.74, 6) is -1.58. The van der Waals surface area contributed by atoms with Gasteiger partial charge in [0.05, 0.1) is 5.52 Å². The maximum atomic E-state index is 13.3. The Morgan fingerprint density at radius 2 is 1.67 bits per heavy atom. The lowest BCUT2D eigenvalue weighted by Crippen LogP contribution is -2.40. The number of hydrogen-bond donors (Lipinski definition) is 3. The maximum Gasteiger partial charge on any atom is 0.251 e. The number of halogens is 3. The highest BCUT2D eigenvalue weighted by atomic mass is 35.5. The first-order valence-corrected chi connectivity index (χ1v) is 10.1. The minimum atomic E-state index is -0.766. The average molecular weight is 431 g/mol. The predicted molar refractivity (Wildman–Crippen MR) is 115 cm³/mol. The van der Waals surface area contributed by atoms with Gasteiger partial charge >= 0.3 is 0 Å². The Balaban J connectivity index is 1.38. The van der Waals surface area contributed by atoms with Crippen molar-refractivity contribution >= 4 is 39.9 Å². The largest absolute Gasteiger partial charge is 0.384 e. The highest BCUT2D eigenvalue weighted by molar-refractivity contribution is 6.31. The molecule has 5 nitrogen and oxygen atoms in total. The number of aromatic nitrogens is 1. The van der Waals surface area contributed by atoms with Crippen LogP contribution in [0.3, 0.4) is 0 Å². The third-order valence-electron chi connectivity index (χ3n) is 5.34. The molecule has 2 aromatic carbocycles. The molecule has 3 aromatic rings. The fraction of sp³-hybridized carbons (Fsp3) is 0.273. The molecule has 0 saturated heterocycles. The molecule has 0 aliphatic heterocycles. The Bertz CT molecular complexity index is 1070. The summed E-state index contributed by atoms with van der Waals surface area (Å²) in [5.41, 5.74) is 7.56. The van der Waals surface area contributed by atoms with Crippen LogP contribution in [-0.4, -0.2) is 23.0 Å². The summed E-state index contributed by atoms with van der Waals surface area (Å²) < 4.78 is 26.7. The number of nitrogens with zero attached hydrogens (tertiary/aromatic N) is 1. The molecule has 1 saturated carbocycles. The minimum absolute atomic E-state index is 0.00913. The number of benzene rings is 2. The van der Waals surface area contributed by atoms with Crippen LogP contribution in [0.4, 0.5) is 20.3 Å². The lowest BCUT2D eigenvalue weighted by molar-refractivity contribution is 0.0925. The van der Waals surface area contributed by atoms with Gasteiger partial charge in [0.1, 0.15) is 17.5 Å². The fourth-order valence-corrected chi connectivity index (χ4v) is 4.06. The van der Waals surface area contributed by atoms with Crippen molar-refractivity contribution in [3.05, 3.63) is 64.7 Å². The standard InChI is InChI=1S/C22H21ClF2N4O/c23-13-1-6-18-19(9-13)29-21(26)11-20(18)27-16-2-4-17(5-3-16)28-22(30)12-7-14(24)10-15(25)8-12/h1,6-11,16-17H,2-5H2,(H,28,30)(H3,26,27,29)/t16-,17+. The number of fused-ring (bicyclic) bond motifs is 1. The van der Waals surface area contributed by atoms with E-state index in [1.54, 1.807) is 6.07 Å². The third-order valence-corrected chi connectivity index (χ3v) is 5.57. The zero-order chi connectivity index (χ0) is 21.3. The number of rotatable bonds is 4. The first-order chi connectivity index (χ1) is 14.4. The topological polar surface area (TPSA) is 80.0 Å². The second-order valence-corrected chi connectivity index (χ2v) is 8.02. The first kappa shape index (κ1) is 20.3. The van der Waals surface area contributed by atoms with Crippen molar-refractivity contribution in [3.8, 4) is 0 Å². The summed E-state index contributed by atoms with van der Waals surface area (Å²) >= 11 is 6.06. The summed E-state index contributed by atoms with van der Waals surface area (Å²) in [6.07, 6.45) is 3.18. The van der Waals surface area contributed by atoms with Crippen LogP contribution in [0.15, 0.2) is 42.5 Å². The van der Waals surface area contributed by atoms with Gasteiger partial charge in [-0.15, -0.1) is 0 Å². The van der Waals surface area contributed by atoms with E-state index in [4.69, 9.17) is 17.3 Å². The van der Waals surface area contributed by atoms with Gasteiger partial charge < -0.3 is 16.4 Å². The number of carbonyl (C=O) groups is 1. The summed E-state index contributed by atoms with van der Waals surface area (Å²) in [6.45, 7) is 0. The van der Waals surface area contributed by atoms with E-state index in [1.807, 2.05) is 18.2 Å². The molecule has 0 bridgehead atoms. The second-order valence-electron chi connectivity index (χ2n) is 7.58. The molecule has 1 heterocycles. The van der Waals surface area contributed by atoms with Crippen molar-refractivity contribution in [1.29, 1.82) is 0 Å². The SMILES string of the molecule is Nc1cc(N[C@H]2CC[C@@H](NC(=O)c3cc(F)cc(F)c3)CC2)c2ccc(Cl)cc2n1. The van der Waals surface area contributed by atoms with Gasteiger partial charge in [-0.05, 0) is 56.0 Å². The Labute approximate surface area is 177 Å². The first-order valence-electron chi connectivity index (χ1n) is 9.76. The second kappa shape index (κ2) is 8.44. The number of nitrogens with two attached hydrogens (primary N) is 1. The van der Waals surface area contributed by atoms with Crippen molar-refractivity contribution in [1.82, 2.24) is 10.3 Å². The summed E-state index contributed by atoms with van der Waals surface area (Å²) in [4.78, 5) is 16.6. The molecule has 1 aliphatic carbocycles. The molecule has 4 rings (SSSR count). The van der Waals surface area contributed by atoms with Crippen LogP contribution in [0, 0.1) is 11.6 Å². The van der Waals surface area contributed by atoms with Crippen molar-refractivity contribution in [2.45, 2.75) is 37.8 Å². The summed E-state index contributed by atoms with van der Waals surface area (Å²) in [7, 11) is 0. The maximum absolute atomic E-state index is 13.3. The van der Waals surface area contributed by atoms with E-state index in [2.05, 4.69) is 15.6 Å². The molecule has 4 N–H and O–H groups in total. The lowest BCUT2D eigenvalue weighted by atomic mass is 9.90. The van der Waals surface area contributed by atoms with Crippen LogP contribution >= 0.6 is 11.6 Å². The number of hydrogen-bond acceptors (Lipinski definition) is 4. The highest BCUT2D eigenvalue weighted by Crippen LogP contribution is 2.30. The van der Waals surface area contributed by atoms with Crippen LogP contribution in [0.2, 0.25) is 5.02 Å². The van der Waals surface area contributed by atoms with Crippen molar-refractivity contribution < 1.29 is 13.6 Å². The molecule has 8 heteroatoms. The number of amides is 1. The van der Waals surface area contributed by atoms with E-state index in [9.17, 15) is 13.6 Å². The van der Waals surface area contributed by atoms with Gasteiger partial charge in [0.15, 0.2) is 0 Å². The van der Waals surface area contributed by atoms with E-state index in [-0.39, 0.29) is 17.6 Å². The van der Waals surface area contributed by atoms with Crippen molar-refractivity contribution in [2.75, 3.05) is 11.1 Å². The number of nitrogens with one attached hydrogen (secondary N) is 2. The lowest BCUT2D eigenvalue weighted by Gasteiger charge is -2.30. The molecule has 1 aromatic heterocycles. The van der Waals surface area contributed by atoms with Crippen LogP contribution in [0.25, 0.3) is 10.9 Å². The Morgan fingerprint density at radius 3 is 2.37 bits per heavy atom. The van der Waals surface area contributed by atoms with Crippen LogP contribution in [0.5, 0.6) is 0 Å². The van der Waals surface area contributed by atoms with Crippen molar-refractivity contribution in [3.63, 3.8) is 0 Å². The minimum Gasteiger partial charge on any atom is -0.384 e. The number of nitrogen functional groups attached to an aromatic ring is 1. The number of carbonyl (C=O) groups excluding carboxylic acids is 1. The Kier molecular flexibility index (Phi) is 5.72. The van der Waals surface area contributed by atoms with E-state index >= 15 is 0 Å². The summed E-state index contributed by atoms with van der Waals surface area (Å²) in [5, 5.41) is 7.94. The highest BCUT2D eigenvalue weighted by Gasteiger charge is 2.23. The smallest absolute Gasteiger partial charge is 0.251 e. The quantitative estimate of drug-likeness (QED) is 0.550. The van der Waals surface area contributed by atoms with Gasteiger partial charge in [-0.3, -0.25) is 4.79 Å². The van der Waals surface area contributed by atoms with Gasteiger partial charge in [0.2, 0.25) is 0 Å². The van der Waals surface area contributed by atoms with Crippen LogP contribution in [-0.2, 0) is 0 Å². The van der Waals surface area contributed by atoms with E-state index in [0.29, 0.717) is 10.8 Å². The molecule has 30 heavy (non-hydrogen) atoms. The molecule has 1 amide bonds. The normalized spacial score (nSPS) is 18.9. The number of pyridine rings is 1. The van der Waals surface area contributed by atoms with Crippen molar-refractivity contribution in [2.24, 2.45) is 0 Å². The molecular weight excluding hydrogens is 410 g/mol. The monoisotopic (exact) mass is 430 g/mol.